The van der Waals surface area contributed by atoms with Crippen LogP contribution in [0.5, 0.6) is 0 Å². The number of ether oxygens (including phenoxy) is 1. The van der Waals surface area contributed by atoms with E-state index in [1.54, 1.807) is 12.1 Å². The van der Waals surface area contributed by atoms with E-state index in [0.29, 0.717) is 25.0 Å². The van der Waals surface area contributed by atoms with Crippen molar-refractivity contribution in [3.8, 4) is 0 Å². The van der Waals surface area contributed by atoms with Crippen LogP contribution >= 0.6 is 0 Å². The number of carbonyl (C=O) groups excluding carboxylic acids is 2. The molecule has 0 aliphatic carbocycles. The van der Waals surface area contributed by atoms with Crippen LogP contribution in [0.4, 0.5) is 5.69 Å². The van der Waals surface area contributed by atoms with Crippen molar-refractivity contribution < 1.29 is 14.3 Å². The summed E-state index contributed by atoms with van der Waals surface area (Å²) in [5.74, 6) is 0.0512. The Hall–Kier alpha value is -1.72. The van der Waals surface area contributed by atoms with Gasteiger partial charge < -0.3 is 15.4 Å². The van der Waals surface area contributed by atoms with Crippen LogP contribution in [0.1, 0.15) is 22.3 Å². The lowest BCUT2D eigenvalue weighted by Crippen LogP contribution is -2.39. The first-order valence-corrected chi connectivity index (χ1v) is 6.50. The van der Waals surface area contributed by atoms with E-state index >= 15 is 0 Å². The van der Waals surface area contributed by atoms with Crippen LogP contribution in [0.15, 0.2) is 18.2 Å². The zero-order valence-corrected chi connectivity index (χ0v) is 10.6. The molecule has 1 atom stereocenters. The number of benzene rings is 1. The Morgan fingerprint density at radius 2 is 2.32 bits per heavy atom. The molecule has 2 aliphatic rings. The largest absolute Gasteiger partial charge is 0.375 e. The lowest BCUT2D eigenvalue weighted by Gasteiger charge is -2.23. The Balaban J connectivity index is 1.70. The number of amides is 1. The molecule has 1 fully saturated rings. The predicted molar refractivity (Wildman–Crippen MR) is 70.3 cm³/mol. The minimum absolute atomic E-state index is 0.0144. The summed E-state index contributed by atoms with van der Waals surface area (Å²) in [6.45, 7) is 2.22. The van der Waals surface area contributed by atoms with Crippen LogP contribution in [-0.4, -0.2) is 37.5 Å². The van der Waals surface area contributed by atoms with Gasteiger partial charge in [-0.25, -0.2) is 0 Å². The topological polar surface area (TPSA) is 67.4 Å². The van der Waals surface area contributed by atoms with Crippen LogP contribution in [-0.2, 0) is 16.0 Å². The van der Waals surface area contributed by atoms with Gasteiger partial charge in [-0.3, -0.25) is 9.59 Å². The third kappa shape index (κ3) is 2.67. The van der Waals surface area contributed by atoms with Crippen molar-refractivity contribution in [2.24, 2.45) is 0 Å². The van der Waals surface area contributed by atoms with Gasteiger partial charge in [-0.15, -0.1) is 0 Å². The number of Topliss-reactive ketones (excluding diaryl/α,β-unsaturated/α-hetero) is 1. The standard InChI is InChI=1S/C14H16N2O3/c17-13(7-11-8-15-3-4-19-11)9-1-2-12-10(5-9)6-14(18)16-12/h1-2,5,11,15H,3-4,6-8H2,(H,16,18). The van der Waals surface area contributed by atoms with Gasteiger partial charge in [0, 0.05) is 30.8 Å². The SMILES string of the molecule is O=C1Cc2cc(C(=O)CC3CNCCO3)ccc2N1. The third-order valence-electron chi connectivity index (χ3n) is 3.47. The summed E-state index contributed by atoms with van der Waals surface area (Å²) < 4.78 is 5.53. The highest BCUT2D eigenvalue weighted by atomic mass is 16.5. The molecule has 3 rings (SSSR count). The van der Waals surface area contributed by atoms with Crippen molar-refractivity contribution in [1.29, 1.82) is 0 Å². The van der Waals surface area contributed by atoms with Gasteiger partial charge in [0.05, 0.1) is 19.1 Å². The molecule has 0 bridgehead atoms. The summed E-state index contributed by atoms with van der Waals surface area (Å²) in [5.41, 5.74) is 2.38. The van der Waals surface area contributed by atoms with E-state index in [1.807, 2.05) is 6.07 Å². The van der Waals surface area contributed by atoms with Crippen LogP contribution < -0.4 is 10.6 Å². The molecule has 2 heterocycles. The van der Waals surface area contributed by atoms with Crippen molar-refractivity contribution in [3.63, 3.8) is 0 Å². The van der Waals surface area contributed by atoms with Gasteiger partial charge >= 0.3 is 0 Å². The fourth-order valence-corrected chi connectivity index (χ4v) is 2.48. The Labute approximate surface area is 111 Å². The molecule has 0 radical (unpaired) electrons. The summed E-state index contributed by atoms with van der Waals surface area (Å²) in [6, 6.07) is 5.38. The number of hydrogen-bond acceptors (Lipinski definition) is 4. The number of hydrogen-bond donors (Lipinski definition) is 2. The van der Waals surface area contributed by atoms with Gasteiger partial charge in [0.15, 0.2) is 5.78 Å². The zero-order chi connectivity index (χ0) is 13.2. The molecule has 5 heteroatoms. The molecule has 1 saturated heterocycles. The molecule has 100 valence electrons. The van der Waals surface area contributed by atoms with Gasteiger partial charge in [-0.05, 0) is 23.8 Å². The summed E-state index contributed by atoms with van der Waals surface area (Å²) in [6.07, 6.45) is 0.694. The quantitative estimate of drug-likeness (QED) is 0.787. The van der Waals surface area contributed by atoms with E-state index in [9.17, 15) is 9.59 Å². The molecule has 0 saturated carbocycles. The van der Waals surface area contributed by atoms with E-state index < -0.39 is 0 Å². The second-order valence-corrected chi connectivity index (χ2v) is 4.92. The van der Waals surface area contributed by atoms with Crippen molar-refractivity contribution in [1.82, 2.24) is 5.32 Å². The van der Waals surface area contributed by atoms with Crippen LogP contribution in [0.2, 0.25) is 0 Å². The zero-order valence-electron chi connectivity index (χ0n) is 10.6. The highest BCUT2D eigenvalue weighted by Crippen LogP contribution is 2.24. The van der Waals surface area contributed by atoms with Gasteiger partial charge in [0.25, 0.3) is 0 Å². The molecular weight excluding hydrogens is 244 g/mol. The van der Waals surface area contributed by atoms with Crippen molar-refractivity contribution >= 4 is 17.4 Å². The molecule has 1 amide bonds. The number of nitrogens with one attached hydrogen (secondary N) is 2. The van der Waals surface area contributed by atoms with Gasteiger partial charge in [0.1, 0.15) is 0 Å². The van der Waals surface area contributed by atoms with E-state index in [0.717, 1.165) is 24.3 Å². The minimum Gasteiger partial charge on any atom is -0.375 e. The van der Waals surface area contributed by atoms with Crippen LogP contribution in [0.25, 0.3) is 0 Å². The molecule has 1 unspecified atom stereocenters. The molecule has 2 N–H and O–H groups in total. The van der Waals surface area contributed by atoms with Gasteiger partial charge in [-0.1, -0.05) is 0 Å². The molecule has 0 aromatic heterocycles. The monoisotopic (exact) mass is 260 g/mol. The lowest BCUT2D eigenvalue weighted by molar-refractivity contribution is -0.115. The number of ketones is 1. The average Bonchev–Trinajstić information content (AvgIpc) is 2.78. The predicted octanol–water partition coefficient (Wildman–Crippen LogP) is 0.742. The average molecular weight is 260 g/mol. The highest BCUT2D eigenvalue weighted by molar-refractivity contribution is 6.02. The Kier molecular flexibility index (Phi) is 3.31. The summed E-state index contributed by atoms with van der Waals surface area (Å²) in [7, 11) is 0. The summed E-state index contributed by atoms with van der Waals surface area (Å²) in [5, 5.41) is 5.97. The van der Waals surface area contributed by atoms with E-state index in [4.69, 9.17) is 4.74 Å². The second-order valence-electron chi connectivity index (χ2n) is 4.92. The second kappa shape index (κ2) is 5.11. The summed E-state index contributed by atoms with van der Waals surface area (Å²) in [4.78, 5) is 23.5. The molecule has 0 spiro atoms. The summed E-state index contributed by atoms with van der Waals surface area (Å²) >= 11 is 0. The minimum atomic E-state index is -0.0470. The Morgan fingerprint density at radius 3 is 3.11 bits per heavy atom. The maximum atomic E-state index is 12.2. The number of anilines is 1. The Morgan fingerprint density at radius 1 is 1.42 bits per heavy atom. The maximum Gasteiger partial charge on any atom is 0.228 e. The van der Waals surface area contributed by atoms with E-state index in [1.165, 1.54) is 0 Å². The number of carbonyl (C=O) groups is 2. The number of fused-ring (bicyclic) bond motifs is 1. The van der Waals surface area contributed by atoms with Crippen molar-refractivity contribution in [2.75, 3.05) is 25.0 Å². The molecule has 19 heavy (non-hydrogen) atoms. The Bertz CT molecular complexity index is 521. The first-order chi connectivity index (χ1) is 9.22. The molecule has 1 aromatic rings. The van der Waals surface area contributed by atoms with E-state index in [-0.39, 0.29) is 17.8 Å². The van der Waals surface area contributed by atoms with Gasteiger partial charge in [-0.2, -0.15) is 0 Å². The first-order valence-electron chi connectivity index (χ1n) is 6.50. The fourth-order valence-electron chi connectivity index (χ4n) is 2.48. The number of morpholine rings is 1. The number of rotatable bonds is 3. The normalized spacial score (nSPS) is 21.9. The van der Waals surface area contributed by atoms with Gasteiger partial charge in [0.2, 0.25) is 5.91 Å². The van der Waals surface area contributed by atoms with E-state index in [2.05, 4.69) is 10.6 Å². The first kappa shape index (κ1) is 12.3. The fraction of sp³-hybridized carbons (Fsp3) is 0.429. The molecular formula is C14H16N2O3. The molecule has 1 aromatic carbocycles. The lowest BCUT2D eigenvalue weighted by atomic mass is 10.0. The van der Waals surface area contributed by atoms with Crippen molar-refractivity contribution in [2.45, 2.75) is 18.9 Å². The van der Waals surface area contributed by atoms with Crippen molar-refractivity contribution in [3.05, 3.63) is 29.3 Å². The van der Waals surface area contributed by atoms with Crippen LogP contribution in [0, 0.1) is 0 Å². The highest BCUT2D eigenvalue weighted by Gasteiger charge is 2.21. The molecule has 5 nitrogen and oxygen atoms in total. The smallest absolute Gasteiger partial charge is 0.228 e. The van der Waals surface area contributed by atoms with Crippen LogP contribution in [0.3, 0.4) is 0 Å². The molecule has 2 aliphatic heterocycles. The third-order valence-corrected chi connectivity index (χ3v) is 3.47. The maximum absolute atomic E-state index is 12.2.